The molecule has 0 amide bonds. The van der Waals surface area contributed by atoms with E-state index in [9.17, 15) is 13.6 Å². The monoisotopic (exact) mass is 455 g/mol. The van der Waals surface area contributed by atoms with Gasteiger partial charge >= 0.3 is 0 Å². The Kier molecular flexibility index (Phi) is 6.00. The SMILES string of the molecule is CCOc1ccccc1-n1c(=S)[nH]c(=O)c2c(C(F)F)cc(-c3ccc(OC)cc3)nc21. The molecule has 0 bridgehead atoms. The van der Waals surface area contributed by atoms with E-state index in [-0.39, 0.29) is 21.5 Å². The predicted octanol–water partition coefficient (Wildman–Crippen LogP) is 5.46. The molecule has 0 aliphatic carbocycles. The fourth-order valence-corrected chi connectivity index (χ4v) is 3.76. The number of aromatic amines is 1. The van der Waals surface area contributed by atoms with Gasteiger partial charge in [0.15, 0.2) is 10.4 Å². The number of ether oxygens (including phenoxy) is 2. The first-order valence-electron chi connectivity index (χ1n) is 9.79. The second-order valence-electron chi connectivity index (χ2n) is 6.82. The van der Waals surface area contributed by atoms with Crippen molar-refractivity contribution in [3.05, 3.63) is 75.3 Å². The smallest absolute Gasteiger partial charge is 0.264 e. The summed E-state index contributed by atoms with van der Waals surface area (Å²) in [5.74, 6) is 1.10. The molecule has 0 spiro atoms. The Bertz CT molecular complexity index is 1400. The molecule has 0 aliphatic heterocycles. The number of benzene rings is 2. The summed E-state index contributed by atoms with van der Waals surface area (Å²) < 4.78 is 40.5. The highest BCUT2D eigenvalue weighted by molar-refractivity contribution is 7.71. The molecule has 0 saturated heterocycles. The van der Waals surface area contributed by atoms with Crippen LogP contribution in [-0.2, 0) is 0 Å². The third-order valence-electron chi connectivity index (χ3n) is 4.92. The van der Waals surface area contributed by atoms with Gasteiger partial charge in [0.1, 0.15) is 11.5 Å². The van der Waals surface area contributed by atoms with Gasteiger partial charge in [0.05, 0.1) is 30.5 Å². The summed E-state index contributed by atoms with van der Waals surface area (Å²) in [6.07, 6.45) is -2.90. The van der Waals surface area contributed by atoms with Gasteiger partial charge in [0, 0.05) is 11.1 Å². The molecule has 9 heteroatoms. The van der Waals surface area contributed by atoms with Crippen molar-refractivity contribution in [2.24, 2.45) is 0 Å². The first-order chi connectivity index (χ1) is 15.4. The molecular formula is C23H19F2N3O3S. The lowest BCUT2D eigenvalue weighted by Crippen LogP contribution is -2.17. The Hall–Kier alpha value is -3.59. The number of H-pyrrole nitrogens is 1. The van der Waals surface area contributed by atoms with Crippen molar-refractivity contribution in [2.75, 3.05) is 13.7 Å². The zero-order chi connectivity index (χ0) is 22.8. The summed E-state index contributed by atoms with van der Waals surface area (Å²) >= 11 is 5.40. The van der Waals surface area contributed by atoms with Crippen molar-refractivity contribution < 1.29 is 18.3 Å². The fourth-order valence-electron chi connectivity index (χ4n) is 3.48. The summed E-state index contributed by atoms with van der Waals surface area (Å²) in [5.41, 5.74) is 0.220. The molecule has 1 N–H and O–H groups in total. The van der Waals surface area contributed by atoms with Gasteiger partial charge in [-0.05, 0) is 61.6 Å². The van der Waals surface area contributed by atoms with Crippen LogP contribution in [0.1, 0.15) is 18.9 Å². The average Bonchev–Trinajstić information content (AvgIpc) is 2.79. The van der Waals surface area contributed by atoms with Crippen LogP contribution in [0.3, 0.4) is 0 Å². The summed E-state index contributed by atoms with van der Waals surface area (Å²) in [6.45, 7) is 2.22. The van der Waals surface area contributed by atoms with Crippen molar-refractivity contribution in [3.63, 3.8) is 0 Å². The number of para-hydroxylation sites is 2. The van der Waals surface area contributed by atoms with Crippen molar-refractivity contribution in [1.82, 2.24) is 14.5 Å². The van der Waals surface area contributed by atoms with Crippen molar-refractivity contribution in [2.45, 2.75) is 13.3 Å². The normalized spacial score (nSPS) is 11.2. The lowest BCUT2D eigenvalue weighted by atomic mass is 10.1. The lowest BCUT2D eigenvalue weighted by molar-refractivity contribution is 0.153. The average molecular weight is 455 g/mol. The number of nitrogens with one attached hydrogen (secondary N) is 1. The quantitative estimate of drug-likeness (QED) is 0.391. The zero-order valence-corrected chi connectivity index (χ0v) is 18.1. The van der Waals surface area contributed by atoms with E-state index in [0.717, 1.165) is 0 Å². The Morgan fingerprint density at radius 3 is 2.53 bits per heavy atom. The van der Waals surface area contributed by atoms with Crippen molar-refractivity contribution >= 4 is 23.3 Å². The van der Waals surface area contributed by atoms with E-state index >= 15 is 0 Å². The molecule has 0 aliphatic rings. The molecule has 0 atom stereocenters. The first-order valence-corrected chi connectivity index (χ1v) is 10.2. The highest BCUT2D eigenvalue weighted by Crippen LogP contribution is 2.32. The Morgan fingerprint density at radius 2 is 1.88 bits per heavy atom. The summed E-state index contributed by atoms with van der Waals surface area (Å²) in [4.78, 5) is 19.8. The minimum absolute atomic E-state index is 0.0225. The Balaban J connectivity index is 2.10. The van der Waals surface area contributed by atoms with Crippen LogP contribution in [0.2, 0.25) is 0 Å². The van der Waals surface area contributed by atoms with E-state index < -0.39 is 17.5 Å². The van der Waals surface area contributed by atoms with Gasteiger partial charge in [-0.15, -0.1) is 0 Å². The lowest BCUT2D eigenvalue weighted by Gasteiger charge is -2.17. The van der Waals surface area contributed by atoms with Gasteiger partial charge in [0.25, 0.3) is 12.0 Å². The van der Waals surface area contributed by atoms with Gasteiger partial charge in [-0.1, -0.05) is 12.1 Å². The van der Waals surface area contributed by atoms with Gasteiger partial charge in [0.2, 0.25) is 0 Å². The van der Waals surface area contributed by atoms with Crippen LogP contribution in [-0.4, -0.2) is 28.3 Å². The minimum Gasteiger partial charge on any atom is -0.497 e. The standard InChI is InChI=1S/C23H19F2N3O3S/c1-3-31-18-7-5-4-6-17(18)28-21-19(22(29)27-23(28)32)15(20(24)25)12-16(26-21)13-8-10-14(30-2)11-9-13/h4-12,20H,3H2,1-2H3,(H,27,29,32). The largest absolute Gasteiger partial charge is 0.497 e. The number of methoxy groups -OCH3 is 1. The predicted molar refractivity (Wildman–Crippen MR) is 121 cm³/mol. The molecule has 4 aromatic rings. The number of hydrogen-bond donors (Lipinski definition) is 1. The number of hydrogen-bond acceptors (Lipinski definition) is 5. The number of fused-ring (bicyclic) bond motifs is 1. The number of alkyl halides is 2. The van der Waals surface area contributed by atoms with E-state index in [1.54, 1.807) is 48.5 Å². The molecule has 6 nitrogen and oxygen atoms in total. The van der Waals surface area contributed by atoms with Crippen LogP contribution < -0.4 is 15.0 Å². The number of pyridine rings is 1. The molecule has 0 fully saturated rings. The van der Waals surface area contributed by atoms with E-state index in [4.69, 9.17) is 21.7 Å². The highest BCUT2D eigenvalue weighted by atomic mass is 32.1. The second-order valence-corrected chi connectivity index (χ2v) is 7.21. The molecule has 0 saturated carbocycles. The van der Waals surface area contributed by atoms with Crippen LogP contribution >= 0.6 is 12.2 Å². The van der Waals surface area contributed by atoms with Crippen LogP contribution in [0.25, 0.3) is 28.0 Å². The number of aromatic nitrogens is 3. The van der Waals surface area contributed by atoms with Crippen LogP contribution in [0, 0.1) is 4.77 Å². The van der Waals surface area contributed by atoms with E-state index in [1.807, 2.05) is 6.92 Å². The van der Waals surface area contributed by atoms with Gasteiger partial charge in [-0.2, -0.15) is 0 Å². The third-order valence-corrected chi connectivity index (χ3v) is 5.20. The topological polar surface area (TPSA) is 69.1 Å². The molecule has 164 valence electrons. The fraction of sp³-hybridized carbons (Fsp3) is 0.174. The summed E-state index contributed by atoms with van der Waals surface area (Å²) in [7, 11) is 1.54. The summed E-state index contributed by atoms with van der Waals surface area (Å²) in [6, 6.07) is 15.1. The minimum atomic E-state index is -2.90. The van der Waals surface area contributed by atoms with Crippen LogP contribution in [0.5, 0.6) is 11.5 Å². The number of nitrogens with zero attached hydrogens (tertiary/aromatic N) is 2. The molecule has 2 aromatic carbocycles. The maximum Gasteiger partial charge on any atom is 0.264 e. The maximum atomic E-state index is 14.1. The van der Waals surface area contributed by atoms with Gasteiger partial charge < -0.3 is 9.47 Å². The van der Waals surface area contributed by atoms with E-state index in [1.165, 1.54) is 17.7 Å². The molecule has 32 heavy (non-hydrogen) atoms. The van der Waals surface area contributed by atoms with Gasteiger partial charge in [-0.25, -0.2) is 13.8 Å². The molecular weight excluding hydrogens is 436 g/mol. The highest BCUT2D eigenvalue weighted by Gasteiger charge is 2.22. The van der Waals surface area contributed by atoms with Crippen LogP contribution in [0.15, 0.2) is 59.4 Å². The molecule has 2 aromatic heterocycles. The third kappa shape index (κ3) is 3.87. The molecule has 0 unspecified atom stereocenters. The van der Waals surface area contributed by atoms with Crippen molar-refractivity contribution in [3.8, 4) is 28.4 Å². The molecule has 0 radical (unpaired) electrons. The molecule has 2 heterocycles. The number of rotatable bonds is 6. The van der Waals surface area contributed by atoms with E-state index in [0.29, 0.717) is 29.4 Å². The number of halogens is 2. The zero-order valence-electron chi connectivity index (χ0n) is 17.3. The Morgan fingerprint density at radius 1 is 1.16 bits per heavy atom. The maximum absolute atomic E-state index is 14.1. The van der Waals surface area contributed by atoms with E-state index in [2.05, 4.69) is 9.97 Å². The van der Waals surface area contributed by atoms with Crippen LogP contribution in [0.4, 0.5) is 8.78 Å². The Labute approximate surface area is 187 Å². The van der Waals surface area contributed by atoms with Crippen molar-refractivity contribution in [1.29, 1.82) is 0 Å². The molecule has 4 rings (SSSR count). The van der Waals surface area contributed by atoms with Gasteiger partial charge in [-0.3, -0.25) is 14.3 Å². The second kappa shape index (κ2) is 8.88. The first kappa shape index (κ1) is 21.6. The summed E-state index contributed by atoms with van der Waals surface area (Å²) in [5, 5.41) is -0.225.